The zero-order valence-electron chi connectivity index (χ0n) is 14.0. The van der Waals surface area contributed by atoms with Crippen molar-refractivity contribution in [3.8, 4) is 22.9 Å². The van der Waals surface area contributed by atoms with Crippen molar-refractivity contribution in [2.24, 2.45) is 0 Å². The summed E-state index contributed by atoms with van der Waals surface area (Å²) in [6.07, 6.45) is 5.86. The van der Waals surface area contributed by atoms with E-state index in [1.54, 1.807) is 33.9 Å². The molecular formula is C18H15N5O3. The molecule has 8 heteroatoms. The molecule has 0 fully saturated rings. The Morgan fingerprint density at radius 2 is 2.08 bits per heavy atom. The largest absolute Gasteiger partial charge is 0.313 e. The first-order valence-corrected chi connectivity index (χ1v) is 7.98. The van der Waals surface area contributed by atoms with E-state index in [0.717, 1.165) is 6.42 Å². The van der Waals surface area contributed by atoms with Crippen LogP contribution in [0.3, 0.4) is 0 Å². The van der Waals surface area contributed by atoms with Gasteiger partial charge in [0.2, 0.25) is 0 Å². The van der Waals surface area contributed by atoms with Gasteiger partial charge in [-0.05, 0) is 18.6 Å². The number of hydrogen-bond acceptors (Lipinski definition) is 5. The normalized spacial score (nSPS) is 10.5. The summed E-state index contributed by atoms with van der Waals surface area (Å²) in [7, 11) is 0. The third-order valence-electron chi connectivity index (χ3n) is 3.92. The van der Waals surface area contributed by atoms with Gasteiger partial charge in [0, 0.05) is 48.3 Å². The van der Waals surface area contributed by atoms with Crippen LogP contribution in [0.2, 0.25) is 0 Å². The van der Waals surface area contributed by atoms with E-state index in [1.165, 1.54) is 24.3 Å². The maximum absolute atomic E-state index is 11.8. The molecule has 2 aromatic heterocycles. The number of nitriles is 1. The number of rotatable bonds is 5. The number of pyridine rings is 1. The average molecular weight is 349 g/mol. The van der Waals surface area contributed by atoms with Crippen molar-refractivity contribution in [2.45, 2.75) is 19.9 Å². The lowest BCUT2D eigenvalue weighted by molar-refractivity contribution is -0.384. The smallest absolute Gasteiger partial charge is 0.270 e. The van der Waals surface area contributed by atoms with Gasteiger partial charge in [-0.3, -0.25) is 14.9 Å². The predicted octanol–water partition coefficient (Wildman–Crippen LogP) is 2.89. The van der Waals surface area contributed by atoms with Crippen LogP contribution in [0.15, 0.2) is 53.7 Å². The van der Waals surface area contributed by atoms with Gasteiger partial charge >= 0.3 is 0 Å². The molecule has 0 bridgehead atoms. The number of hydrogen-bond donors (Lipinski definition) is 0. The SMILES string of the molecule is CCCn1cc(-n2cc(-c3ccc([N+](=O)[O-])cc3C#N)cn2)ccc1=O. The van der Waals surface area contributed by atoms with Crippen LogP contribution in [-0.2, 0) is 6.54 Å². The molecule has 1 aromatic carbocycles. The second kappa shape index (κ2) is 7.03. The van der Waals surface area contributed by atoms with Crippen LogP contribution in [-0.4, -0.2) is 19.3 Å². The molecule has 0 saturated carbocycles. The van der Waals surface area contributed by atoms with Gasteiger partial charge in [-0.2, -0.15) is 10.4 Å². The Hall–Kier alpha value is -3.73. The van der Waals surface area contributed by atoms with E-state index in [1.807, 2.05) is 13.0 Å². The first kappa shape index (κ1) is 17.1. The fraction of sp³-hybridized carbons (Fsp3) is 0.167. The standard InChI is InChI=1S/C18H15N5O3/c1-2-7-21-12-16(4-6-18(21)24)22-11-14(10-20-22)17-5-3-15(23(25)26)8-13(17)9-19/h3-6,8,10-12H,2,7H2,1H3. The third-order valence-corrected chi connectivity index (χ3v) is 3.92. The maximum Gasteiger partial charge on any atom is 0.270 e. The number of aryl methyl sites for hydroxylation is 1. The Balaban J connectivity index is 2.01. The van der Waals surface area contributed by atoms with E-state index in [-0.39, 0.29) is 16.8 Å². The number of nitro groups is 1. The highest BCUT2D eigenvalue weighted by Gasteiger charge is 2.14. The summed E-state index contributed by atoms with van der Waals surface area (Å²) in [5.74, 6) is 0. The molecule has 0 amide bonds. The van der Waals surface area contributed by atoms with Gasteiger partial charge in [0.25, 0.3) is 11.2 Å². The minimum Gasteiger partial charge on any atom is -0.313 e. The fourth-order valence-electron chi connectivity index (χ4n) is 2.66. The summed E-state index contributed by atoms with van der Waals surface area (Å²) >= 11 is 0. The Morgan fingerprint density at radius 1 is 1.27 bits per heavy atom. The molecule has 0 aliphatic rings. The highest BCUT2D eigenvalue weighted by atomic mass is 16.6. The molecule has 3 rings (SSSR count). The second-order valence-corrected chi connectivity index (χ2v) is 5.69. The molecule has 2 heterocycles. The van der Waals surface area contributed by atoms with E-state index < -0.39 is 4.92 Å². The van der Waals surface area contributed by atoms with Crippen LogP contribution < -0.4 is 5.56 Å². The predicted molar refractivity (Wildman–Crippen MR) is 94.9 cm³/mol. The van der Waals surface area contributed by atoms with Gasteiger partial charge in [0.15, 0.2) is 0 Å². The zero-order chi connectivity index (χ0) is 18.7. The van der Waals surface area contributed by atoms with Crippen molar-refractivity contribution in [3.63, 3.8) is 0 Å². The van der Waals surface area contributed by atoms with Crippen LogP contribution in [0.25, 0.3) is 16.8 Å². The summed E-state index contributed by atoms with van der Waals surface area (Å²) in [6, 6.07) is 9.28. The molecule has 8 nitrogen and oxygen atoms in total. The summed E-state index contributed by atoms with van der Waals surface area (Å²) in [5.41, 5.74) is 1.92. The first-order valence-electron chi connectivity index (χ1n) is 7.98. The first-order chi connectivity index (χ1) is 12.5. The lowest BCUT2D eigenvalue weighted by atomic mass is 10.0. The van der Waals surface area contributed by atoms with Crippen molar-refractivity contribution >= 4 is 5.69 Å². The van der Waals surface area contributed by atoms with Crippen LogP contribution in [0.4, 0.5) is 5.69 Å². The summed E-state index contributed by atoms with van der Waals surface area (Å²) in [6.45, 7) is 2.60. The molecule has 0 aliphatic carbocycles. The maximum atomic E-state index is 11.8. The number of aromatic nitrogens is 3. The van der Waals surface area contributed by atoms with E-state index in [0.29, 0.717) is 23.4 Å². The monoisotopic (exact) mass is 349 g/mol. The zero-order valence-corrected chi connectivity index (χ0v) is 14.0. The molecule has 0 N–H and O–H groups in total. The van der Waals surface area contributed by atoms with Crippen molar-refractivity contribution in [1.29, 1.82) is 5.26 Å². The van der Waals surface area contributed by atoms with Crippen LogP contribution in [0.1, 0.15) is 18.9 Å². The van der Waals surface area contributed by atoms with Crippen molar-refractivity contribution in [2.75, 3.05) is 0 Å². The van der Waals surface area contributed by atoms with E-state index in [4.69, 9.17) is 0 Å². The topological polar surface area (TPSA) is 107 Å². The molecule has 3 aromatic rings. The highest BCUT2D eigenvalue weighted by molar-refractivity contribution is 5.71. The second-order valence-electron chi connectivity index (χ2n) is 5.69. The number of nitrogens with zero attached hydrogens (tertiary/aromatic N) is 5. The van der Waals surface area contributed by atoms with Gasteiger partial charge in [0.1, 0.15) is 6.07 Å². The summed E-state index contributed by atoms with van der Waals surface area (Å²) in [4.78, 5) is 22.2. The average Bonchev–Trinajstić information content (AvgIpc) is 3.13. The van der Waals surface area contributed by atoms with Gasteiger partial charge < -0.3 is 4.57 Å². The van der Waals surface area contributed by atoms with E-state index in [9.17, 15) is 20.2 Å². The quantitative estimate of drug-likeness (QED) is 0.520. The molecule has 0 spiro atoms. The molecule has 130 valence electrons. The Morgan fingerprint density at radius 3 is 2.77 bits per heavy atom. The number of non-ortho nitro benzene ring substituents is 1. The van der Waals surface area contributed by atoms with Gasteiger partial charge in [0.05, 0.1) is 22.4 Å². The molecule has 0 radical (unpaired) electrons. The molecule has 0 atom stereocenters. The van der Waals surface area contributed by atoms with E-state index >= 15 is 0 Å². The van der Waals surface area contributed by atoms with Crippen molar-refractivity contribution < 1.29 is 4.92 Å². The minimum atomic E-state index is -0.537. The molecule has 0 aliphatic heterocycles. The molecular weight excluding hydrogens is 334 g/mol. The summed E-state index contributed by atoms with van der Waals surface area (Å²) in [5, 5.41) is 24.5. The fourth-order valence-corrected chi connectivity index (χ4v) is 2.66. The molecule has 0 unspecified atom stereocenters. The lowest BCUT2D eigenvalue weighted by Gasteiger charge is -2.07. The van der Waals surface area contributed by atoms with Gasteiger partial charge in [-0.15, -0.1) is 0 Å². The minimum absolute atomic E-state index is 0.0786. The van der Waals surface area contributed by atoms with E-state index in [2.05, 4.69) is 5.10 Å². The molecule has 26 heavy (non-hydrogen) atoms. The Bertz CT molecular complexity index is 1070. The van der Waals surface area contributed by atoms with Crippen LogP contribution >= 0.6 is 0 Å². The highest BCUT2D eigenvalue weighted by Crippen LogP contribution is 2.27. The Kier molecular flexibility index (Phi) is 4.62. The number of benzene rings is 1. The summed E-state index contributed by atoms with van der Waals surface area (Å²) < 4.78 is 3.22. The van der Waals surface area contributed by atoms with Crippen LogP contribution in [0.5, 0.6) is 0 Å². The van der Waals surface area contributed by atoms with Crippen molar-refractivity contribution in [3.05, 3.63) is 75.0 Å². The Labute approximate surface area is 148 Å². The lowest BCUT2D eigenvalue weighted by Crippen LogP contribution is -2.19. The van der Waals surface area contributed by atoms with Gasteiger partial charge in [-0.25, -0.2) is 4.68 Å². The van der Waals surface area contributed by atoms with Gasteiger partial charge in [-0.1, -0.05) is 6.92 Å². The third kappa shape index (κ3) is 3.23. The molecule has 0 saturated heterocycles. The van der Waals surface area contributed by atoms with Crippen LogP contribution in [0, 0.1) is 21.4 Å². The van der Waals surface area contributed by atoms with Crippen molar-refractivity contribution in [1.82, 2.24) is 14.3 Å². The number of nitro benzene ring substituents is 1.